The Morgan fingerprint density at radius 1 is 1.39 bits per heavy atom. The molecule has 2 aromatic heterocycles. The summed E-state index contributed by atoms with van der Waals surface area (Å²) in [6.45, 7) is 0. The van der Waals surface area contributed by atoms with E-state index in [9.17, 15) is 13.2 Å². The minimum atomic E-state index is -3.87. The fraction of sp³-hybridized carbons (Fsp3) is 0.286. The zero-order chi connectivity index (χ0) is 16.9. The van der Waals surface area contributed by atoms with E-state index >= 15 is 0 Å². The van der Waals surface area contributed by atoms with Gasteiger partial charge in [-0.05, 0) is 42.7 Å². The maximum absolute atomic E-state index is 12.4. The van der Waals surface area contributed by atoms with E-state index in [-0.39, 0.29) is 10.6 Å². The SMILES string of the molecule is CSCC[C@@H](NS(=O)(=O)c1ccc(-c2ccccn2)s1)C(=O)O. The van der Waals surface area contributed by atoms with Crippen molar-refractivity contribution in [2.45, 2.75) is 16.7 Å². The summed E-state index contributed by atoms with van der Waals surface area (Å²) >= 11 is 2.53. The quantitative estimate of drug-likeness (QED) is 0.738. The average molecular weight is 372 g/mol. The second-order valence-electron chi connectivity index (χ2n) is 4.63. The van der Waals surface area contributed by atoms with Gasteiger partial charge in [0.15, 0.2) is 0 Å². The van der Waals surface area contributed by atoms with E-state index in [0.29, 0.717) is 16.3 Å². The van der Waals surface area contributed by atoms with Crippen LogP contribution in [-0.2, 0) is 14.8 Å². The van der Waals surface area contributed by atoms with Crippen LogP contribution in [0.5, 0.6) is 0 Å². The maximum Gasteiger partial charge on any atom is 0.321 e. The van der Waals surface area contributed by atoms with E-state index in [0.717, 1.165) is 11.3 Å². The number of hydrogen-bond donors (Lipinski definition) is 2. The minimum Gasteiger partial charge on any atom is -0.480 e. The zero-order valence-electron chi connectivity index (χ0n) is 12.3. The van der Waals surface area contributed by atoms with Gasteiger partial charge >= 0.3 is 5.97 Å². The molecule has 0 bridgehead atoms. The van der Waals surface area contributed by atoms with E-state index in [1.54, 1.807) is 24.4 Å². The van der Waals surface area contributed by atoms with Crippen molar-refractivity contribution in [2.75, 3.05) is 12.0 Å². The Kier molecular flexibility index (Phi) is 6.17. The highest BCUT2D eigenvalue weighted by Crippen LogP contribution is 2.29. The van der Waals surface area contributed by atoms with Crippen molar-refractivity contribution in [1.29, 1.82) is 0 Å². The van der Waals surface area contributed by atoms with Crippen LogP contribution in [0.2, 0.25) is 0 Å². The highest BCUT2D eigenvalue weighted by atomic mass is 32.2. The summed E-state index contributed by atoms with van der Waals surface area (Å²) in [6.07, 6.45) is 3.70. The molecule has 0 amide bonds. The molecule has 23 heavy (non-hydrogen) atoms. The van der Waals surface area contributed by atoms with Gasteiger partial charge in [-0.1, -0.05) is 6.07 Å². The van der Waals surface area contributed by atoms with Gasteiger partial charge in [0.2, 0.25) is 0 Å². The summed E-state index contributed by atoms with van der Waals surface area (Å²) in [5, 5.41) is 9.15. The Morgan fingerprint density at radius 2 is 2.17 bits per heavy atom. The van der Waals surface area contributed by atoms with Gasteiger partial charge in [0.25, 0.3) is 10.0 Å². The maximum atomic E-state index is 12.4. The average Bonchev–Trinajstić information content (AvgIpc) is 3.03. The van der Waals surface area contributed by atoms with Crippen molar-refractivity contribution in [2.24, 2.45) is 0 Å². The van der Waals surface area contributed by atoms with Crippen LogP contribution in [0.1, 0.15) is 6.42 Å². The highest BCUT2D eigenvalue weighted by Gasteiger charge is 2.26. The first-order valence-electron chi connectivity index (χ1n) is 6.69. The third kappa shape index (κ3) is 4.77. The molecule has 0 saturated heterocycles. The van der Waals surface area contributed by atoms with E-state index in [4.69, 9.17) is 5.11 Å². The van der Waals surface area contributed by atoms with E-state index < -0.39 is 22.0 Å². The zero-order valence-corrected chi connectivity index (χ0v) is 14.7. The van der Waals surface area contributed by atoms with Crippen molar-refractivity contribution < 1.29 is 18.3 Å². The number of carboxylic acids is 1. The number of rotatable bonds is 8. The predicted molar refractivity (Wildman–Crippen MR) is 92.3 cm³/mol. The molecule has 0 spiro atoms. The topological polar surface area (TPSA) is 96.4 Å². The molecular weight excluding hydrogens is 356 g/mol. The van der Waals surface area contributed by atoms with Crippen LogP contribution in [0.15, 0.2) is 40.7 Å². The van der Waals surface area contributed by atoms with E-state index in [1.165, 1.54) is 17.8 Å². The molecule has 0 saturated carbocycles. The number of aromatic nitrogens is 1. The van der Waals surface area contributed by atoms with Crippen molar-refractivity contribution in [3.63, 3.8) is 0 Å². The molecular formula is C14H16N2O4S3. The number of nitrogens with zero attached hydrogens (tertiary/aromatic N) is 1. The number of thiophene rings is 1. The molecule has 2 N–H and O–H groups in total. The van der Waals surface area contributed by atoms with Crippen molar-refractivity contribution in [3.8, 4) is 10.6 Å². The molecule has 0 aliphatic heterocycles. The predicted octanol–water partition coefficient (Wildman–Crippen LogP) is 2.29. The van der Waals surface area contributed by atoms with Gasteiger partial charge in [-0.3, -0.25) is 9.78 Å². The molecule has 0 radical (unpaired) electrons. The second-order valence-corrected chi connectivity index (χ2v) is 8.64. The summed E-state index contributed by atoms with van der Waals surface area (Å²) in [5.74, 6) is -0.618. The molecule has 0 aliphatic rings. The molecule has 0 aliphatic carbocycles. The fourth-order valence-electron chi connectivity index (χ4n) is 1.82. The summed E-state index contributed by atoms with van der Waals surface area (Å²) in [5.41, 5.74) is 0.677. The van der Waals surface area contributed by atoms with Crippen LogP contribution in [0.25, 0.3) is 10.6 Å². The molecule has 1 atom stereocenters. The third-order valence-corrected chi connectivity index (χ3v) is 6.68. The first kappa shape index (κ1) is 17.9. The smallest absolute Gasteiger partial charge is 0.321 e. The van der Waals surface area contributed by atoms with E-state index in [2.05, 4.69) is 9.71 Å². The second kappa shape index (κ2) is 7.91. The van der Waals surface area contributed by atoms with Crippen LogP contribution in [0.3, 0.4) is 0 Å². The number of pyridine rings is 1. The number of sulfonamides is 1. The van der Waals surface area contributed by atoms with Gasteiger partial charge in [0, 0.05) is 6.20 Å². The Hall–Kier alpha value is -1.42. The molecule has 2 rings (SSSR count). The summed E-state index contributed by atoms with van der Waals surface area (Å²) in [6, 6.07) is 7.38. The molecule has 2 heterocycles. The lowest BCUT2D eigenvalue weighted by Crippen LogP contribution is -2.40. The van der Waals surface area contributed by atoms with Crippen LogP contribution in [0, 0.1) is 0 Å². The van der Waals surface area contributed by atoms with Crippen LogP contribution in [0.4, 0.5) is 0 Å². The standard InChI is InChI=1S/C14H16N2O4S3/c1-21-9-7-11(14(17)18)16-23(19,20)13-6-5-12(22-13)10-4-2-3-8-15-10/h2-6,8,11,16H,7,9H2,1H3,(H,17,18)/t11-/m1/s1. The number of nitrogens with one attached hydrogen (secondary N) is 1. The fourth-order valence-corrected chi connectivity index (χ4v) is 4.82. The number of carbonyl (C=O) groups is 1. The van der Waals surface area contributed by atoms with Crippen molar-refractivity contribution in [1.82, 2.24) is 9.71 Å². The first-order chi connectivity index (χ1) is 10.9. The molecule has 6 nitrogen and oxygen atoms in total. The third-order valence-electron chi connectivity index (χ3n) is 2.97. The number of carboxylic acid groups (broad SMARTS) is 1. The number of aliphatic carboxylic acids is 1. The lowest BCUT2D eigenvalue weighted by Gasteiger charge is -2.13. The van der Waals surface area contributed by atoms with Crippen molar-refractivity contribution >= 4 is 39.1 Å². The Balaban J connectivity index is 2.19. The molecule has 0 aromatic carbocycles. The molecule has 124 valence electrons. The van der Waals surface area contributed by atoms with Gasteiger partial charge in [-0.15, -0.1) is 11.3 Å². The number of hydrogen-bond acceptors (Lipinski definition) is 6. The largest absolute Gasteiger partial charge is 0.480 e. The monoisotopic (exact) mass is 372 g/mol. The molecule has 2 aromatic rings. The lowest BCUT2D eigenvalue weighted by molar-refractivity contribution is -0.139. The molecule has 0 fully saturated rings. The lowest BCUT2D eigenvalue weighted by atomic mass is 10.2. The van der Waals surface area contributed by atoms with Gasteiger partial charge in [-0.25, -0.2) is 8.42 Å². The first-order valence-corrected chi connectivity index (χ1v) is 10.4. The van der Waals surface area contributed by atoms with Crippen molar-refractivity contribution in [3.05, 3.63) is 36.5 Å². The summed E-state index contributed by atoms with van der Waals surface area (Å²) in [7, 11) is -3.87. The van der Waals surface area contributed by atoms with Crippen LogP contribution in [-0.4, -0.2) is 42.5 Å². The Labute approximate surface area is 143 Å². The normalized spacial score (nSPS) is 12.9. The van der Waals surface area contributed by atoms with Crippen LogP contribution >= 0.6 is 23.1 Å². The summed E-state index contributed by atoms with van der Waals surface area (Å²) in [4.78, 5) is 16.1. The number of thioether (sulfide) groups is 1. The molecule has 0 unspecified atom stereocenters. The van der Waals surface area contributed by atoms with Gasteiger partial charge < -0.3 is 5.11 Å². The Bertz CT molecular complexity index is 759. The Morgan fingerprint density at radius 3 is 2.78 bits per heavy atom. The van der Waals surface area contributed by atoms with Crippen LogP contribution < -0.4 is 4.72 Å². The molecule has 9 heteroatoms. The van der Waals surface area contributed by atoms with Gasteiger partial charge in [0.05, 0.1) is 10.6 Å². The summed E-state index contributed by atoms with van der Waals surface area (Å²) < 4.78 is 27.1. The van der Waals surface area contributed by atoms with Gasteiger partial charge in [-0.2, -0.15) is 16.5 Å². The van der Waals surface area contributed by atoms with E-state index in [1.807, 2.05) is 12.3 Å². The highest BCUT2D eigenvalue weighted by molar-refractivity contribution is 7.98. The minimum absolute atomic E-state index is 0.0774. The van der Waals surface area contributed by atoms with Gasteiger partial charge in [0.1, 0.15) is 10.3 Å².